The molecule has 0 bridgehead atoms. The molecule has 11 aromatic carbocycles. The summed E-state index contributed by atoms with van der Waals surface area (Å²) in [6, 6.07) is 82.2. The van der Waals surface area contributed by atoms with Crippen molar-refractivity contribution in [3.63, 3.8) is 0 Å². The summed E-state index contributed by atoms with van der Waals surface area (Å²) in [5, 5.41) is 0. The monoisotopic (exact) mass is 1400 g/mol. The van der Waals surface area contributed by atoms with E-state index in [4.69, 9.17) is 61.6 Å². The zero-order valence-electron chi connectivity index (χ0n) is 62.4. The van der Waals surface area contributed by atoms with Gasteiger partial charge in [0.1, 0.15) is 80.5 Å². The molecule has 0 saturated heterocycles. The van der Waals surface area contributed by atoms with Crippen molar-refractivity contribution in [1.82, 2.24) is 0 Å². The van der Waals surface area contributed by atoms with Crippen molar-refractivity contribution in [2.24, 2.45) is 0 Å². The molecule has 103 heavy (non-hydrogen) atoms. The van der Waals surface area contributed by atoms with Gasteiger partial charge in [0.05, 0.1) is 85.3 Å². The van der Waals surface area contributed by atoms with Gasteiger partial charge in [-0.15, -0.1) is 0 Å². The van der Waals surface area contributed by atoms with E-state index in [-0.39, 0.29) is 17.3 Å². The van der Waals surface area contributed by atoms with Crippen LogP contribution in [-0.2, 0) is 0 Å². The third kappa shape index (κ3) is 30.5. The van der Waals surface area contributed by atoms with Gasteiger partial charge in [0.2, 0.25) is 0 Å². The van der Waals surface area contributed by atoms with Crippen molar-refractivity contribution in [1.29, 1.82) is 0 Å². The van der Waals surface area contributed by atoms with Crippen LogP contribution in [0.5, 0.6) is 80.5 Å². The molecule has 11 rings (SSSR count). The number of carbonyl (C=O) groups is 3. The quantitative estimate of drug-likeness (QED) is 0.0659. The van der Waals surface area contributed by atoms with Gasteiger partial charge in [0.25, 0.3) is 0 Å². The molecule has 0 spiro atoms. The number of hydrogen-bond acceptors (Lipinski definition) is 16. The lowest BCUT2D eigenvalue weighted by Gasteiger charge is -2.09. The second-order valence-corrected chi connectivity index (χ2v) is 20.6. The Morgan fingerprint density at radius 3 is 0.709 bits per heavy atom. The Labute approximate surface area is 609 Å². The number of hydrogen-bond donors (Lipinski definition) is 0. The maximum atomic E-state index is 12.2. The minimum Gasteiger partial charge on any atom is -0.497 e. The summed E-state index contributed by atoms with van der Waals surface area (Å²) in [5.74, 6) is 11.4. The third-order valence-electron chi connectivity index (χ3n) is 14.3. The second-order valence-electron chi connectivity index (χ2n) is 20.6. The Morgan fingerprint density at radius 1 is 0.214 bits per heavy atom. The van der Waals surface area contributed by atoms with E-state index in [9.17, 15) is 14.4 Å². The van der Waals surface area contributed by atoms with Crippen molar-refractivity contribution >= 4 is 17.3 Å². The summed E-state index contributed by atoms with van der Waals surface area (Å²) in [5.41, 5.74) is 6.65. The molecule has 0 amide bonds. The first kappa shape index (κ1) is 85.1. The lowest BCUT2D eigenvalue weighted by molar-refractivity contribution is 0.100. The molecule has 0 aliphatic heterocycles. The van der Waals surface area contributed by atoms with Crippen molar-refractivity contribution in [2.45, 2.75) is 41.5 Å². The van der Waals surface area contributed by atoms with Crippen LogP contribution in [0.3, 0.4) is 0 Å². The Morgan fingerprint density at radius 2 is 0.456 bits per heavy atom. The average Bonchev–Trinajstić information content (AvgIpc) is 0.819. The van der Waals surface area contributed by atoms with E-state index in [0.29, 0.717) is 22.3 Å². The maximum Gasteiger partial charge on any atom is 0.193 e. The van der Waals surface area contributed by atoms with E-state index in [1.54, 1.807) is 152 Å². The molecule has 0 fully saturated rings. The topological polar surface area (TPSA) is 171 Å². The normalized spacial score (nSPS) is 9.38. The SMILES string of the molecule is CC.CC.CC(=O)c1ccc(C(C)=O)c(-c2ccccc2)c1.COc1ccc(-c2ccc(OC)cc2)cc1.COc1ccc(C(=O)c2ccc(OC)cc2)cc1.COc1ccc(OC)cc1.COc1ccc(OC)cc1.COc1ccc(Oc2ccc(OC)cc2)cc1.COc1cccc(OC)c1. The largest absolute Gasteiger partial charge is 0.497 e. The Hall–Kier alpha value is -12.2. The van der Waals surface area contributed by atoms with Gasteiger partial charge in [0, 0.05) is 28.3 Å². The van der Waals surface area contributed by atoms with Crippen LogP contribution in [0.2, 0.25) is 0 Å². The molecule has 0 saturated carbocycles. The zero-order chi connectivity index (χ0) is 75.7. The maximum absolute atomic E-state index is 12.2. The minimum absolute atomic E-state index is 0.00211. The van der Waals surface area contributed by atoms with Crippen LogP contribution in [0.4, 0.5) is 0 Å². The van der Waals surface area contributed by atoms with Crippen molar-refractivity contribution in [3.8, 4) is 103 Å². The number of benzene rings is 11. The fraction of sp³-hybridized carbons (Fsp3) is 0.207. The van der Waals surface area contributed by atoms with Gasteiger partial charge in [-0.05, 0) is 224 Å². The Bertz CT molecular complexity index is 3840. The van der Waals surface area contributed by atoms with Crippen LogP contribution < -0.4 is 61.6 Å². The van der Waals surface area contributed by atoms with Gasteiger partial charge in [-0.3, -0.25) is 14.4 Å². The fourth-order valence-corrected chi connectivity index (χ4v) is 8.72. The molecule has 11 aromatic rings. The number of methoxy groups -OCH3 is 12. The van der Waals surface area contributed by atoms with E-state index in [2.05, 4.69) is 0 Å². The van der Waals surface area contributed by atoms with E-state index in [0.717, 1.165) is 91.6 Å². The van der Waals surface area contributed by atoms with E-state index in [1.165, 1.54) is 25.0 Å². The lowest BCUT2D eigenvalue weighted by atomic mass is 9.94. The van der Waals surface area contributed by atoms with Gasteiger partial charge in [0.15, 0.2) is 17.3 Å². The van der Waals surface area contributed by atoms with Gasteiger partial charge < -0.3 is 61.6 Å². The molecule has 542 valence electrons. The molecule has 0 N–H and O–H groups in total. The third-order valence-corrected chi connectivity index (χ3v) is 14.3. The van der Waals surface area contributed by atoms with Crippen LogP contribution in [0.1, 0.15) is 78.2 Å². The first-order valence-corrected chi connectivity index (χ1v) is 32.9. The number of ketones is 3. The van der Waals surface area contributed by atoms with Crippen LogP contribution in [0.15, 0.2) is 267 Å². The number of ether oxygens (including phenoxy) is 13. The minimum atomic E-state index is -0.0136. The highest BCUT2D eigenvalue weighted by molar-refractivity contribution is 6.09. The summed E-state index contributed by atoms with van der Waals surface area (Å²) in [4.78, 5) is 35.2. The zero-order valence-corrected chi connectivity index (χ0v) is 62.4. The fourth-order valence-electron chi connectivity index (χ4n) is 8.72. The van der Waals surface area contributed by atoms with Crippen molar-refractivity contribution < 1.29 is 76.0 Å². The van der Waals surface area contributed by atoms with E-state index < -0.39 is 0 Å². The highest BCUT2D eigenvalue weighted by atomic mass is 16.5. The van der Waals surface area contributed by atoms with Crippen LogP contribution in [0, 0.1) is 0 Å². The summed E-state index contributed by atoms with van der Waals surface area (Å²) in [7, 11) is 19.6. The molecule has 0 atom stereocenters. The van der Waals surface area contributed by atoms with Crippen LogP contribution >= 0.6 is 0 Å². The summed E-state index contributed by atoms with van der Waals surface area (Å²) >= 11 is 0. The lowest BCUT2D eigenvalue weighted by Crippen LogP contribution is -2.01. The van der Waals surface area contributed by atoms with Crippen molar-refractivity contribution in [3.05, 3.63) is 289 Å². The highest BCUT2D eigenvalue weighted by Gasteiger charge is 2.13. The Kier molecular flexibility index (Phi) is 40.8. The second kappa shape index (κ2) is 49.4. The standard InChI is InChI=1S/C16H14O2.C15H14O3.C14H14O3.C14H14O2.3C8H10O2.2C2H6/c1-11(17)14-8-9-15(12(2)18)16(10-14)13-6-4-3-5-7-13;1-17-13-7-3-11(4-8-13)15(16)12-5-9-14(18-2)10-6-12;1-15-11-3-7-13(8-4-11)17-14-9-5-12(16-2)6-10-14;1-15-13-7-3-11(4-8-13)12-5-9-14(16-2)10-6-12;2*1-9-7-3-5-8(10-2)6-4-7;1-9-7-4-3-5-8(6-7)10-2;2*1-2/h2*3-10H,1-2H3;3-10H,1-2H3;3-10H,1-2H3;3*3-6H,1-2H3;2*1-2H3. The highest BCUT2D eigenvalue weighted by Crippen LogP contribution is 2.29. The van der Waals surface area contributed by atoms with Gasteiger partial charge in [-0.2, -0.15) is 0 Å². The van der Waals surface area contributed by atoms with Crippen LogP contribution in [0.25, 0.3) is 22.3 Å². The molecular formula is C87H98O16. The van der Waals surface area contributed by atoms with Crippen LogP contribution in [-0.4, -0.2) is 103 Å². The molecule has 0 unspecified atom stereocenters. The molecule has 0 aliphatic carbocycles. The molecular weight excluding hydrogens is 1300 g/mol. The molecule has 0 aromatic heterocycles. The number of Topliss-reactive ketones (excluding diaryl/α,β-unsaturated/α-hetero) is 2. The van der Waals surface area contributed by atoms with Gasteiger partial charge in [-0.25, -0.2) is 0 Å². The average molecular weight is 1400 g/mol. The predicted octanol–water partition coefficient (Wildman–Crippen LogP) is 20.7. The summed E-state index contributed by atoms with van der Waals surface area (Å²) in [6.07, 6.45) is 0. The van der Waals surface area contributed by atoms with E-state index in [1.807, 2.05) is 228 Å². The van der Waals surface area contributed by atoms with Gasteiger partial charge >= 0.3 is 0 Å². The Balaban J connectivity index is 0.000000313. The summed E-state index contributed by atoms with van der Waals surface area (Å²) < 4.78 is 66.0. The molecule has 0 radical (unpaired) electrons. The van der Waals surface area contributed by atoms with Crippen molar-refractivity contribution in [2.75, 3.05) is 85.3 Å². The smallest absolute Gasteiger partial charge is 0.193 e. The first-order valence-electron chi connectivity index (χ1n) is 32.9. The van der Waals surface area contributed by atoms with Gasteiger partial charge in [-0.1, -0.05) is 100 Å². The first-order chi connectivity index (χ1) is 50.1. The number of rotatable bonds is 20. The van der Waals surface area contributed by atoms with E-state index >= 15 is 0 Å². The molecule has 0 aliphatic rings. The molecule has 0 heterocycles. The molecule has 16 nitrogen and oxygen atoms in total. The predicted molar refractivity (Wildman–Crippen MR) is 414 cm³/mol. The molecule has 16 heteroatoms. The summed E-state index contributed by atoms with van der Waals surface area (Å²) in [6.45, 7) is 11.1. The number of carbonyl (C=O) groups excluding carboxylic acids is 3.